The summed E-state index contributed by atoms with van der Waals surface area (Å²) in [6.45, 7) is 6.19. The first-order chi connectivity index (χ1) is 13.5. The molecule has 0 aliphatic heterocycles. The molecular formula is C21H23N5O2. The summed E-state index contributed by atoms with van der Waals surface area (Å²) in [4.78, 5) is 25.4. The molecule has 0 aliphatic rings. The number of anilines is 2. The molecular weight excluding hydrogens is 354 g/mol. The molecule has 0 atom stereocenters. The van der Waals surface area contributed by atoms with E-state index in [-0.39, 0.29) is 12.0 Å². The largest absolute Gasteiger partial charge is 0.491 e. The lowest BCUT2D eigenvalue weighted by molar-refractivity contribution is 0.102. The van der Waals surface area contributed by atoms with E-state index in [1.54, 1.807) is 31.3 Å². The monoisotopic (exact) mass is 377 g/mol. The quantitative estimate of drug-likeness (QED) is 0.650. The molecule has 0 saturated carbocycles. The zero-order chi connectivity index (χ0) is 19.9. The van der Waals surface area contributed by atoms with E-state index in [1.807, 2.05) is 44.2 Å². The Morgan fingerprint density at radius 3 is 2.57 bits per heavy atom. The van der Waals surface area contributed by atoms with E-state index in [1.165, 1.54) is 0 Å². The van der Waals surface area contributed by atoms with Gasteiger partial charge in [0, 0.05) is 18.0 Å². The van der Waals surface area contributed by atoms with Gasteiger partial charge in [0.1, 0.15) is 23.1 Å². The Bertz CT molecular complexity index is 927. The number of aryl methyl sites for hydroxylation is 1. The van der Waals surface area contributed by atoms with E-state index in [2.05, 4.69) is 25.6 Å². The van der Waals surface area contributed by atoms with Gasteiger partial charge in [-0.1, -0.05) is 6.07 Å². The minimum absolute atomic E-state index is 0.0986. The van der Waals surface area contributed by atoms with Gasteiger partial charge < -0.3 is 15.4 Å². The first-order valence-corrected chi connectivity index (χ1v) is 9.07. The number of hydrogen-bond donors (Lipinski definition) is 2. The third kappa shape index (κ3) is 5.51. The summed E-state index contributed by atoms with van der Waals surface area (Å²) in [5, 5.41) is 6.02. The molecule has 0 unspecified atom stereocenters. The molecule has 28 heavy (non-hydrogen) atoms. The molecule has 7 heteroatoms. The summed E-state index contributed by atoms with van der Waals surface area (Å²) in [6.07, 6.45) is 1.83. The van der Waals surface area contributed by atoms with Gasteiger partial charge in [-0.2, -0.15) is 0 Å². The number of carbonyl (C=O) groups excluding carboxylic acids is 1. The summed E-state index contributed by atoms with van der Waals surface area (Å²) in [7, 11) is 0. The predicted molar refractivity (Wildman–Crippen MR) is 108 cm³/mol. The number of benzene rings is 1. The average Bonchev–Trinajstić information content (AvgIpc) is 2.68. The van der Waals surface area contributed by atoms with Crippen LogP contribution in [0.25, 0.3) is 0 Å². The summed E-state index contributed by atoms with van der Waals surface area (Å²) in [5.41, 5.74) is 1.84. The van der Waals surface area contributed by atoms with Crippen LogP contribution in [0, 0.1) is 6.92 Å². The van der Waals surface area contributed by atoms with Crippen molar-refractivity contribution in [1.29, 1.82) is 0 Å². The number of hydrogen-bond acceptors (Lipinski definition) is 6. The standard InChI is InChI=1S/C21H23N5O2/c1-14(2)28-18-9-7-16(8-10-18)26-21(27)19-12-20(25-15(3)24-19)23-13-17-6-4-5-11-22-17/h4-12,14H,13H2,1-3H3,(H,26,27)(H,23,24,25). The summed E-state index contributed by atoms with van der Waals surface area (Å²) >= 11 is 0. The molecule has 0 bridgehead atoms. The van der Waals surface area contributed by atoms with Gasteiger partial charge in [0.2, 0.25) is 0 Å². The highest BCUT2D eigenvalue weighted by molar-refractivity contribution is 6.03. The third-order valence-electron chi connectivity index (χ3n) is 3.73. The Morgan fingerprint density at radius 1 is 1.11 bits per heavy atom. The second-order valence-electron chi connectivity index (χ2n) is 6.51. The lowest BCUT2D eigenvalue weighted by Gasteiger charge is -2.11. The lowest BCUT2D eigenvalue weighted by atomic mass is 10.2. The third-order valence-corrected chi connectivity index (χ3v) is 3.73. The van der Waals surface area contributed by atoms with E-state index in [0.29, 0.717) is 29.6 Å². The van der Waals surface area contributed by atoms with Crippen LogP contribution in [0.5, 0.6) is 5.75 Å². The average molecular weight is 377 g/mol. The summed E-state index contributed by atoms with van der Waals surface area (Å²) in [5.74, 6) is 1.54. The maximum absolute atomic E-state index is 12.6. The van der Waals surface area contributed by atoms with Crippen LogP contribution in [0.1, 0.15) is 35.9 Å². The molecule has 0 radical (unpaired) electrons. The van der Waals surface area contributed by atoms with Crippen LogP contribution in [-0.2, 0) is 6.54 Å². The Kier molecular flexibility index (Phi) is 6.16. The molecule has 0 fully saturated rings. The number of amides is 1. The van der Waals surface area contributed by atoms with E-state index < -0.39 is 0 Å². The van der Waals surface area contributed by atoms with E-state index >= 15 is 0 Å². The van der Waals surface area contributed by atoms with Gasteiger partial charge in [-0.3, -0.25) is 9.78 Å². The van der Waals surface area contributed by atoms with Crippen molar-refractivity contribution in [2.24, 2.45) is 0 Å². The number of rotatable bonds is 7. The van der Waals surface area contributed by atoms with Crippen molar-refractivity contribution >= 4 is 17.4 Å². The van der Waals surface area contributed by atoms with Gasteiger partial charge in [-0.05, 0) is 57.2 Å². The van der Waals surface area contributed by atoms with Crippen LogP contribution in [0.4, 0.5) is 11.5 Å². The number of aromatic nitrogens is 3. The zero-order valence-electron chi connectivity index (χ0n) is 16.1. The highest BCUT2D eigenvalue weighted by atomic mass is 16.5. The molecule has 3 aromatic rings. The fourth-order valence-electron chi connectivity index (χ4n) is 2.54. The van der Waals surface area contributed by atoms with E-state index in [9.17, 15) is 4.79 Å². The van der Waals surface area contributed by atoms with Crippen molar-refractivity contribution < 1.29 is 9.53 Å². The SMILES string of the molecule is Cc1nc(NCc2ccccn2)cc(C(=O)Nc2ccc(OC(C)C)cc2)n1. The first kappa shape index (κ1) is 19.3. The normalized spacial score (nSPS) is 10.6. The smallest absolute Gasteiger partial charge is 0.274 e. The van der Waals surface area contributed by atoms with Crippen molar-refractivity contribution in [3.63, 3.8) is 0 Å². The molecule has 0 aliphatic carbocycles. The van der Waals surface area contributed by atoms with Crippen LogP contribution in [0.3, 0.4) is 0 Å². The fourth-order valence-corrected chi connectivity index (χ4v) is 2.54. The second-order valence-corrected chi connectivity index (χ2v) is 6.51. The number of ether oxygens (including phenoxy) is 1. The molecule has 0 spiro atoms. The number of nitrogens with one attached hydrogen (secondary N) is 2. The second kappa shape index (κ2) is 8.94. The molecule has 2 aromatic heterocycles. The van der Waals surface area contributed by atoms with Gasteiger partial charge in [-0.25, -0.2) is 9.97 Å². The Labute approximate surface area is 164 Å². The van der Waals surface area contributed by atoms with Gasteiger partial charge >= 0.3 is 0 Å². The molecule has 2 N–H and O–H groups in total. The van der Waals surface area contributed by atoms with Crippen LogP contribution in [-0.4, -0.2) is 27.0 Å². The van der Waals surface area contributed by atoms with Crippen molar-refractivity contribution in [2.45, 2.75) is 33.4 Å². The molecule has 3 rings (SSSR count). The van der Waals surface area contributed by atoms with Gasteiger partial charge in [0.15, 0.2) is 0 Å². The van der Waals surface area contributed by atoms with Crippen LogP contribution >= 0.6 is 0 Å². The number of carbonyl (C=O) groups is 1. The fraction of sp³-hybridized carbons (Fsp3) is 0.238. The van der Waals surface area contributed by atoms with Crippen molar-refractivity contribution in [3.8, 4) is 5.75 Å². The van der Waals surface area contributed by atoms with Crippen molar-refractivity contribution in [3.05, 3.63) is 71.9 Å². The van der Waals surface area contributed by atoms with Gasteiger partial charge in [-0.15, -0.1) is 0 Å². The van der Waals surface area contributed by atoms with Gasteiger partial charge in [0.25, 0.3) is 5.91 Å². The highest BCUT2D eigenvalue weighted by Gasteiger charge is 2.11. The topological polar surface area (TPSA) is 89.0 Å². The number of nitrogens with zero attached hydrogens (tertiary/aromatic N) is 3. The molecule has 144 valence electrons. The molecule has 1 aromatic carbocycles. The van der Waals surface area contributed by atoms with Crippen molar-refractivity contribution in [1.82, 2.24) is 15.0 Å². The van der Waals surface area contributed by atoms with E-state index in [4.69, 9.17) is 4.74 Å². The van der Waals surface area contributed by atoms with Crippen LogP contribution in [0.15, 0.2) is 54.7 Å². The minimum Gasteiger partial charge on any atom is -0.491 e. The molecule has 2 heterocycles. The molecule has 1 amide bonds. The van der Waals surface area contributed by atoms with Crippen LogP contribution in [0.2, 0.25) is 0 Å². The van der Waals surface area contributed by atoms with Crippen LogP contribution < -0.4 is 15.4 Å². The Morgan fingerprint density at radius 2 is 1.89 bits per heavy atom. The maximum atomic E-state index is 12.6. The van der Waals surface area contributed by atoms with Gasteiger partial charge in [0.05, 0.1) is 18.3 Å². The Hall–Kier alpha value is -3.48. The predicted octanol–water partition coefficient (Wildman–Crippen LogP) is 3.83. The highest BCUT2D eigenvalue weighted by Crippen LogP contribution is 2.18. The summed E-state index contributed by atoms with van der Waals surface area (Å²) in [6, 6.07) is 14.6. The zero-order valence-corrected chi connectivity index (χ0v) is 16.1. The first-order valence-electron chi connectivity index (χ1n) is 9.07. The minimum atomic E-state index is -0.302. The lowest BCUT2D eigenvalue weighted by Crippen LogP contribution is -2.16. The molecule has 7 nitrogen and oxygen atoms in total. The maximum Gasteiger partial charge on any atom is 0.274 e. The van der Waals surface area contributed by atoms with Crippen molar-refractivity contribution in [2.75, 3.05) is 10.6 Å². The summed E-state index contributed by atoms with van der Waals surface area (Å²) < 4.78 is 5.61. The number of pyridine rings is 1. The Balaban J connectivity index is 1.66. The van der Waals surface area contributed by atoms with E-state index in [0.717, 1.165) is 11.4 Å². The molecule has 0 saturated heterocycles.